The van der Waals surface area contributed by atoms with Crippen LogP contribution >= 0.6 is 0 Å². The lowest BCUT2D eigenvalue weighted by molar-refractivity contribution is -0.179. The van der Waals surface area contributed by atoms with Gasteiger partial charge in [-0.1, -0.05) is 60.7 Å². The summed E-state index contributed by atoms with van der Waals surface area (Å²) in [6.45, 7) is 10.1. The van der Waals surface area contributed by atoms with Crippen molar-refractivity contribution in [2.45, 2.75) is 67.0 Å². The van der Waals surface area contributed by atoms with Crippen LogP contribution in [0, 0.1) is 10.8 Å². The summed E-state index contributed by atoms with van der Waals surface area (Å²) >= 11 is 0. The third kappa shape index (κ3) is 7.84. The van der Waals surface area contributed by atoms with E-state index in [0.717, 1.165) is 11.1 Å². The van der Waals surface area contributed by atoms with Crippen molar-refractivity contribution in [2.75, 3.05) is 6.61 Å². The molecule has 2 aromatic rings. The number of esters is 3. The Bertz CT molecular complexity index is 1140. The van der Waals surface area contributed by atoms with E-state index < -0.39 is 40.9 Å². The predicted octanol–water partition coefficient (Wildman–Crippen LogP) is 5.10. The van der Waals surface area contributed by atoms with Gasteiger partial charge in [0.1, 0.15) is 19.8 Å². The van der Waals surface area contributed by atoms with E-state index in [0.29, 0.717) is 0 Å². The second kappa shape index (κ2) is 12.2. The van der Waals surface area contributed by atoms with E-state index >= 15 is 0 Å². The van der Waals surface area contributed by atoms with Gasteiger partial charge in [0, 0.05) is 0 Å². The highest BCUT2D eigenvalue weighted by Crippen LogP contribution is 2.32. The molecule has 3 rings (SSSR count). The van der Waals surface area contributed by atoms with Gasteiger partial charge in [-0.2, -0.15) is 0 Å². The van der Waals surface area contributed by atoms with Gasteiger partial charge in [-0.05, 0) is 52.7 Å². The van der Waals surface area contributed by atoms with Gasteiger partial charge in [0.05, 0.1) is 10.8 Å². The Morgan fingerprint density at radius 2 is 1.29 bits per heavy atom. The fourth-order valence-corrected chi connectivity index (χ4v) is 3.31. The summed E-state index contributed by atoms with van der Waals surface area (Å²) in [7, 11) is 0. The summed E-state index contributed by atoms with van der Waals surface area (Å²) in [5.74, 6) is -1.84. The minimum absolute atomic E-state index is 0.0771. The van der Waals surface area contributed by atoms with Crippen molar-refractivity contribution in [1.29, 1.82) is 0 Å². The van der Waals surface area contributed by atoms with E-state index in [1.807, 2.05) is 60.7 Å². The minimum atomic E-state index is -1.17. The maximum atomic E-state index is 13.0. The standard InChI is InChI=1S/C30H36O8/c1-29(2,3)27(32)36-19-22(37-28(33)30(4,5)6)23-24(34-17-20-13-9-7-10-14-20)25(26(31)38-23)35-18-21-15-11-8-12-16-21/h7-16,22-23H,17-19H2,1-6H3/t22-,23+/m0/s1. The third-order valence-electron chi connectivity index (χ3n) is 5.56. The van der Waals surface area contributed by atoms with E-state index in [4.69, 9.17) is 23.7 Å². The molecule has 8 heteroatoms. The minimum Gasteiger partial charge on any atom is -0.485 e. The first-order chi connectivity index (χ1) is 17.9. The van der Waals surface area contributed by atoms with Crippen LogP contribution < -0.4 is 0 Å². The van der Waals surface area contributed by atoms with Gasteiger partial charge in [0.25, 0.3) is 0 Å². The fourth-order valence-electron chi connectivity index (χ4n) is 3.31. The van der Waals surface area contributed by atoms with Gasteiger partial charge in [0.2, 0.25) is 11.9 Å². The van der Waals surface area contributed by atoms with Crippen LogP contribution in [0.15, 0.2) is 72.2 Å². The van der Waals surface area contributed by atoms with Crippen LogP contribution in [-0.4, -0.2) is 36.7 Å². The van der Waals surface area contributed by atoms with E-state index in [-0.39, 0.29) is 31.3 Å². The van der Waals surface area contributed by atoms with Crippen molar-refractivity contribution >= 4 is 17.9 Å². The number of ether oxygens (including phenoxy) is 5. The van der Waals surface area contributed by atoms with Crippen LogP contribution in [0.25, 0.3) is 0 Å². The normalized spacial score (nSPS) is 16.5. The zero-order chi connectivity index (χ0) is 27.9. The van der Waals surface area contributed by atoms with Crippen LogP contribution in [0.1, 0.15) is 52.7 Å². The van der Waals surface area contributed by atoms with Crippen LogP contribution in [0.4, 0.5) is 0 Å². The zero-order valence-corrected chi connectivity index (χ0v) is 22.8. The number of carbonyl (C=O) groups is 3. The van der Waals surface area contributed by atoms with Crippen LogP contribution in [-0.2, 0) is 51.3 Å². The molecule has 204 valence electrons. The first kappa shape index (κ1) is 28.8. The van der Waals surface area contributed by atoms with Crippen molar-refractivity contribution in [3.05, 3.63) is 83.3 Å². The average molecular weight is 525 g/mol. The van der Waals surface area contributed by atoms with Crippen molar-refractivity contribution < 1.29 is 38.1 Å². The molecular weight excluding hydrogens is 488 g/mol. The number of cyclic esters (lactones) is 1. The molecule has 0 spiro atoms. The van der Waals surface area contributed by atoms with Crippen LogP contribution in [0.5, 0.6) is 0 Å². The second-order valence-corrected chi connectivity index (χ2v) is 11.1. The van der Waals surface area contributed by atoms with Crippen molar-refractivity contribution in [2.24, 2.45) is 10.8 Å². The molecule has 1 aliphatic heterocycles. The lowest BCUT2D eigenvalue weighted by atomic mass is 9.97. The van der Waals surface area contributed by atoms with Gasteiger partial charge in [-0.3, -0.25) is 9.59 Å². The topological polar surface area (TPSA) is 97.4 Å². The highest BCUT2D eigenvalue weighted by atomic mass is 16.6. The quantitative estimate of drug-likeness (QED) is 0.313. The monoisotopic (exact) mass is 524 g/mol. The molecule has 0 saturated heterocycles. The maximum Gasteiger partial charge on any atom is 0.378 e. The Morgan fingerprint density at radius 1 is 0.789 bits per heavy atom. The Kier molecular flexibility index (Phi) is 9.20. The van der Waals surface area contributed by atoms with Gasteiger partial charge in [-0.25, -0.2) is 4.79 Å². The number of rotatable bonds is 10. The molecule has 2 atom stereocenters. The van der Waals surface area contributed by atoms with E-state index in [2.05, 4.69) is 0 Å². The van der Waals surface area contributed by atoms with Crippen molar-refractivity contribution in [1.82, 2.24) is 0 Å². The predicted molar refractivity (Wildman–Crippen MR) is 139 cm³/mol. The van der Waals surface area contributed by atoms with E-state index in [9.17, 15) is 14.4 Å². The molecule has 0 fully saturated rings. The summed E-state index contributed by atoms with van der Waals surface area (Å²) in [5, 5.41) is 0. The summed E-state index contributed by atoms with van der Waals surface area (Å²) in [6.07, 6.45) is -2.32. The van der Waals surface area contributed by atoms with Crippen LogP contribution in [0.2, 0.25) is 0 Å². The second-order valence-electron chi connectivity index (χ2n) is 11.1. The lowest BCUT2D eigenvalue weighted by Gasteiger charge is -2.28. The Morgan fingerprint density at radius 3 is 1.79 bits per heavy atom. The van der Waals surface area contributed by atoms with Gasteiger partial charge in [0.15, 0.2) is 11.9 Å². The molecule has 38 heavy (non-hydrogen) atoms. The number of hydrogen-bond acceptors (Lipinski definition) is 8. The first-order valence-corrected chi connectivity index (χ1v) is 12.5. The largest absolute Gasteiger partial charge is 0.485 e. The average Bonchev–Trinajstić information content (AvgIpc) is 3.18. The Balaban J connectivity index is 1.92. The third-order valence-corrected chi connectivity index (χ3v) is 5.56. The molecular formula is C30H36O8. The molecule has 0 aromatic heterocycles. The summed E-state index contributed by atoms with van der Waals surface area (Å²) < 4.78 is 28.8. The zero-order valence-electron chi connectivity index (χ0n) is 22.8. The Hall–Kier alpha value is -3.81. The van der Waals surface area contributed by atoms with E-state index in [1.54, 1.807) is 41.5 Å². The molecule has 0 N–H and O–H groups in total. The molecule has 0 saturated carbocycles. The van der Waals surface area contributed by atoms with Crippen molar-refractivity contribution in [3.8, 4) is 0 Å². The van der Waals surface area contributed by atoms with E-state index in [1.165, 1.54) is 0 Å². The Labute approximate surface area is 223 Å². The highest BCUT2D eigenvalue weighted by Gasteiger charge is 2.46. The summed E-state index contributed by atoms with van der Waals surface area (Å²) in [6, 6.07) is 18.7. The van der Waals surface area contributed by atoms with Crippen LogP contribution in [0.3, 0.4) is 0 Å². The number of carbonyl (C=O) groups excluding carboxylic acids is 3. The molecule has 0 unspecified atom stereocenters. The number of hydrogen-bond donors (Lipinski definition) is 0. The summed E-state index contributed by atoms with van der Waals surface area (Å²) in [5.41, 5.74) is 0.0598. The SMILES string of the molecule is CC(C)(C)C(=O)OC[C@H](OC(=O)C(C)(C)C)[C@H]1OC(=O)C(OCc2ccccc2)=C1OCc1ccccc1. The smallest absolute Gasteiger partial charge is 0.378 e. The molecule has 0 amide bonds. The molecule has 1 aliphatic rings. The van der Waals surface area contributed by atoms with Gasteiger partial charge < -0.3 is 23.7 Å². The molecule has 8 nitrogen and oxygen atoms in total. The van der Waals surface area contributed by atoms with Crippen molar-refractivity contribution in [3.63, 3.8) is 0 Å². The first-order valence-electron chi connectivity index (χ1n) is 12.5. The fraction of sp³-hybridized carbons (Fsp3) is 0.433. The molecule has 2 aromatic carbocycles. The van der Waals surface area contributed by atoms with Gasteiger partial charge in [-0.15, -0.1) is 0 Å². The molecule has 1 heterocycles. The molecule has 0 radical (unpaired) electrons. The summed E-state index contributed by atoms with van der Waals surface area (Å²) in [4.78, 5) is 38.3. The number of benzene rings is 2. The highest BCUT2D eigenvalue weighted by molar-refractivity contribution is 5.90. The van der Waals surface area contributed by atoms with Gasteiger partial charge >= 0.3 is 17.9 Å². The lowest BCUT2D eigenvalue weighted by Crippen LogP contribution is -2.41. The molecule has 0 aliphatic carbocycles. The maximum absolute atomic E-state index is 13.0. The molecule has 0 bridgehead atoms.